The molecule has 1 aromatic heterocycles. The first-order valence-corrected chi connectivity index (χ1v) is 10.3. The zero-order valence-electron chi connectivity index (χ0n) is 16.5. The number of methoxy groups -OCH3 is 1. The topological polar surface area (TPSA) is 85.6 Å². The van der Waals surface area contributed by atoms with Crippen LogP contribution in [0.1, 0.15) is 42.5 Å². The molecule has 0 fully saturated rings. The molecule has 1 heterocycles. The summed E-state index contributed by atoms with van der Waals surface area (Å²) in [4.78, 5) is 12.2. The number of esters is 1. The summed E-state index contributed by atoms with van der Waals surface area (Å²) in [6.07, 6.45) is 0. The molecule has 148 valence electrons. The Hall–Kier alpha value is -2.80. The second-order valence-corrected chi connectivity index (χ2v) is 9.30. The van der Waals surface area contributed by atoms with Crippen molar-refractivity contribution in [3.63, 3.8) is 0 Å². The highest BCUT2D eigenvalue weighted by molar-refractivity contribution is 7.92. The van der Waals surface area contributed by atoms with Gasteiger partial charge in [-0.05, 0) is 48.2 Å². The van der Waals surface area contributed by atoms with Crippen LogP contribution in [0.2, 0.25) is 0 Å². The molecule has 0 aliphatic carbocycles. The second kappa shape index (κ2) is 6.98. The third-order valence-corrected chi connectivity index (χ3v) is 5.93. The number of carbonyl (C=O) groups is 1. The Balaban J connectivity index is 1.96. The first-order valence-electron chi connectivity index (χ1n) is 8.78. The minimum Gasteiger partial charge on any atom is -0.465 e. The zero-order valence-corrected chi connectivity index (χ0v) is 17.3. The van der Waals surface area contributed by atoms with Crippen molar-refractivity contribution in [3.05, 3.63) is 59.4 Å². The molecule has 0 spiro atoms. The fourth-order valence-electron chi connectivity index (χ4n) is 2.99. The van der Waals surface area contributed by atoms with E-state index in [-0.39, 0.29) is 15.9 Å². The summed E-state index contributed by atoms with van der Waals surface area (Å²) in [6.45, 7) is 7.86. The van der Waals surface area contributed by atoms with Crippen LogP contribution in [0.5, 0.6) is 0 Å². The van der Waals surface area contributed by atoms with Crippen LogP contribution in [0.4, 0.5) is 5.69 Å². The van der Waals surface area contributed by atoms with Gasteiger partial charge in [0.2, 0.25) is 0 Å². The Bertz CT molecular complexity index is 1140. The van der Waals surface area contributed by atoms with Crippen molar-refractivity contribution in [2.24, 2.45) is 0 Å². The monoisotopic (exact) mass is 401 g/mol. The lowest BCUT2D eigenvalue weighted by Crippen LogP contribution is -2.15. The van der Waals surface area contributed by atoms with Gasteiger partial charge in [0.25, 0.3) is 10.0 Å². The van der Waals surface area contributed by atoms with E-state index in [0.717, 1.165) is 5.56 Å². The molecule has 2 aromatic carbocycles. The molecule has 3 aromatic rings. The molecular weight excluding hydrogens is 378 g/mol. The first kappa shape index (κ1) is 19.9. The number of hydrogen-bond acceptors (Lipinski definition) is 5. The number of carbonyl (C=O) groups excluding carboxylic acids is 1. The summed E-state index contributed by atoms with van der Waals surface area (Å²) in [7, 11) is -2.49. The van der Waals surface area contributed by atoms with Crippen LogP contribution < -0.4 is 4.72 Å². The maximum Gasteiger partial charge on any atom is 0.342 e. The van der Waals surface area contributed by atoms with Gasteiger partial charge in [0, 0.05) is 11.1 Å². The van der Waals surface area contributed by atoms with Crippen molar-refractivity contribution in [1.82, 2.24) is 0 Å². The molecule has 0 saturated carbocycles. The van der Waals surface area contributed by atoms with Crippen molar-refractivity contribution < 1.29 is 22.4 Å². The van der Waals surface area contributed by atoms with Crippen LogP contribution in [0.25, 0.3) is 11.0 Å². The van der Waals surface area contributed by atoms with Crippen molar-refractivity contribution in [3.8, 4) is 0 Å². The third kappa shape index (κ3) is 3.75. The van der Waals surface area contributed by atoms with Gasteiger partial charge >= 0.3 is 5.97 Å². The van der Waals surface area contributed by atoms with E-state index in [1.165, 1.54) is 7.11 Å². The Morgan fingerprint density at radius 3 is 2.29 bits per heavy atom. The number of sulfonamides is 1. The smallest absolute Gasteiger partial charge is 0.342 e. The van der Waals surface area contributed by atoms with Gasteiger partial charge in [0.05, 0.1) is 12.0 Å². The normalized spacial score (nSPS) is 12.2. The van der Waals surface area contributed by atoms with Crippen LogP contribution in [0, 0.1) is 6.92 Å². The molecule has 0 amide bonds. The first-order chi connectivity index (χ1) is 13.0. The maximum absolute atomic E-state index is 12.8. The van der Waals surface area contributed by atoms with Crippen LogP contribution in [-0.2, 0) is 20.2 Å². The average Bonchev–Trinajstić information content (AvgIpc) is 2.95. The molecule has 0 bridgehead atoms. The summed E-state index contributed by atoms with van der Waals surface area (Å²) in [5.74, 6) is -0.117. The summed E-state index contributed by atoms with van der Waals surface area (Å²) >= 11 is 0. The van der Waals surface area contributed by atoms with Gasteiger partial charge in [-0.15, -0.1) is 0 Å². The number of aryl methyl sites for hydroxylation is 1. The second-order valence-electron chi connectivity index (χ2n) is 7.62. The predicted octanol–water partition coefficient (Wildman–Crippen LogP) is 4.63. The lowest BCUT2D eigenvalue weighted by atomic mass is 9.87. The van der Waals surface area contributed by atoms with E-state index in [1.54, 1.807) is 37.3 Å². The van der Waals surface area contributed by atoms with E-state index in [4.69, 9.17) is 9.15 Å². The third-order valence-electron chi connectivity index (χ3n) is 4.54. The number of furan rings is 1. The van der Waals surface area contributed by atoms with Crippen molar-refractivity contribution >= 4 is 32.6 Å². The van der Waals surface area contributed by atoms with Gasteiger partial charge in [-0.2, -0.15) is 0 Å². The largest absolute Gasteiger partial charge is 0.465 e. The van der Waals surface area contributed by atoms with E-state index in [2.05, 4.69) is 25.5 Å². The highest BCUT2D eigenvalue weighted by Gasteiger charge is 2.21. The summed E-state index contributed by atoms with van der Waals surface area (Å²) < 4.78 is 38.4. The number of anilines is 1. The number of rotatable bonds is 4. The standard InChI is InChI=1S/C21H23NO5S/c1-13-19(20(23)26-5)17-12-15(8-11-18(17)27-13)22-28(24,25)16-9-6-14(7-10-16)21(2,3)4/h6-12,22H,1-5H3. The molecule has 1 N–H and O–H groups in total. The molecule has 6 nitrogen and oxygen atoms in total. The Kier molecular flexibility index (Phi) is 4.97. The molecule has 0 aliphatic heterocycles. The van der Waals surface area contributed by atoms with Crippen molar-refractivity contribution in [1.29, 1.82) is 0 Å². The quantitative estimate of drug-likeness (QED) is 0.645. The van der Waals surface area contributed by atoms with E-state index < -0.39 is 16.0 Å². The molecule has 0 radical (unpaired) electrons. The number of ether oxygens (including phenoxy) is 1. The zero-order chi connectivity index (χ0) is 20.7. The van der Waals surface area contributed by atoms with Crippen molar-refractivity contribution in [2.45, 2.75) is 38.0 Å². The molecule has 0 saturated heterocycles. The minimum absolute atomic E-state index is 0.0653. The average molecular weight is 401 g/mol. The highest BCUT2D eigenvalue weighted by atomic mass is 32.2. The molecule has 0 aliphatic rings. The predicted molar refractivity (Wildman–Crippen MR) is 108 cm³/mol. The van der Waals surface area contributed by atoms with E-state index in [9.17, 15) is 13.2 Å². The van der Waals surface area contributed by atoms with Gasteiger partial charge in [-0.25, -0.2) is 13.2 Å². The summed E-state index contributed by atoms with van der Waals surface area (Å²) in [6, 6.07) is 11.6. The molecular formula is C21H23NO5S. The summed E-state index contributed by atoms with van der Waals surface area (Å²) in [5.41, 5.74) is 2.08. The number of hydrogen-bond donors (Lipinski definition) is 1. The number of fused-ring (bicyclic) bond motifs is 1. The lowest BCUT2D eigenvalue weighted by Gasteiger charge is -2.19. The Morgan fingerprint density at radius 2 is 1.71 bits per heavy atom. The highest BCUT2D eigenvalue weighted by Crippen LogP contribution is 2.30. The molecule has 3 rings (SSSR count). The van der Waals surface area contributed by atoms with Gasteiger partial charge in [0.1, 0.15) is 16.9 Å². The fourth-order valence-corrected chi connectivity index (χ4v) is 4.04. The molecule has 0 atom stereocenters. The SMILES string of the molecule is COC(=O)c1c(C)oc2ccc(NS(=O)(=O)c3ccc(C(C)(C)C)cc3)cc12. The fraction of sp³-hybridized carbons (Fsp3) is 0.286. The van der Waals surface area contributed by atoms with E-state index in [0.29, 0.717) is 22.4 Å². The van der Waals surface area contributed by atoms with E-state index in [1.807, 2.05) is 12.1 Å². The van der Waals surface area contributed by atoms with Crippen LogP contribution in [-0.4, -0.2) is 21.5 Å². The summed E-state index contributed by atoms with van der Waals surface area (Å²) in [5, 5.41) is 0.493. The van der Waals surface area contributed by atoms with Crippen LogP contribution >= 0.6 is 0 Å². The lowest BCUT2D eigenvalue weighted by molar-refractivity contribution is 0.0600. The molecule has 28 heavy (non-hydrogen) atoms. The Labute approximate surface area is 164 Å². The van der Waals surface area contributed by atoms with Gasteiger partial charge in [-0.1, -0.05) is 32.9 Å². The molecule has 0 unspecified atom stereocenters. The minimum atomic E-state index is -3.77. The van der Waals surface area contributed by atoms with Gasteiger partial charge in [-0.3, -0.25) is 4.72 Å². The number of nitrogens with one attached hydrogen (secondary N) is 1. The molecule has 7 heteroatoms. The number of benzene rings is 2. The van der Waals surface area contributed by atoms with Crippen molar-refractivity contribution in [2.75, 3.05) is 11.8 Å². The maximum atomic E-state index is 12.8. The van der Waals surface area contributed by atoms with E-state index >= 15 is 0 Å². The van der Waals surface area contributed by atoms with Gasteiger partial charge in [0.15, 0.2) is 0 Å². The van der Waals surface area contributed by atoms with Crippen LogP contribution in [0.3, 0.4) is 0 Å². The van der Waals surface area contributed by atoms with Crippen LogP contribution in [0.15, 0.2) is 51.8 Å². The Morgan fingerprint density at radius 1 is 1.07 bits per heavy atom. The van der Waals surface area contributed by atoms with Gasteiger partial charge < -0.3 is 9.15 Å².